The Kier molecular flexibility index (Phi) is 9.12. The molecule has 0 aliphatic carbocycles. The lowest BCUT2D eigenvalue weighted by Crippen LogP contribution is -2.31. The largest absolute Gasteiger partial charge is 0.328 e. The van der Waals surface area contributed by atoms with Gasteiger partial charge in [0.1, 0.15) is 0 Å². The fourth-order valence-electron chi connectivity index (χ4n) is 2.13. The Balaban J connectivity index is 3.59. The van der Waals surface area contributed by atoms with Crippen LogP contribution in [0.5, 0.6) is 0 Å². The van der Waals surface area contributed by atoms with Crippen LogP contribution in [0, 0.1) is 5.92 Å². The maximum atomic E-state index is 6.14. The highest BCUT2D eigenvalue weighted by Crippen LogP contribution is 2.13. The smallest absolute Gasteiger partial charge is 0.00535 e. The predicted molar refractivity (Wildman–Crippen MR) is 69.1 cm³/mol. The van der Waals surface area contributed by atoms with Crippen molar-refractivity contribution in [2.45, 2.75) is 59.4 Å². The molecule has 0 aromatic heterocycles. The molecule has 0 aromatic rings. The highest BCUT2D eigenvalue weighted by molar-refractivity contribution is 4.68. The first-order valence-corrected chi connectivity index (χ1v) is 6.61. The minimum absolute atomic E-state index is 0.396. The second-order valence-electron chi connectivity index (χ2n) is 4.71. The molecule has 0 bridgehead atoms. The van der Waals surface area contributed by atoms with Crippen molar-refractivity contribution in [1.29, 1.82) is 0 Å². The number of nitrogens with two attached hydrogens (primary N) is 1. The predicted octanol–water partition coefficient (Wildman–Crippen LogP) is 2.87. The Bertz CT molecular complexity index is 132. The maximum absolute atomic E-state index is 6.14. The molecule has 2 heteroatoms. The number of nitrogens with zero attached hydrogens (tertiary/aromatic N) is 1. The van der Waals surface area contributed by atoms with Crippen LogP contribution in [0.15, 0.2) is 0 Å². The molecule has 0 saturated carbocycles. The van der Waals surface area contributed by atoms with Gasteiger partial charge in [0, 0.05) is 6.04 Å². The molecule has 0 spiro atoms. The summed E-state index contributed by atoms with van der Waals surface area (Å²) in [5.74, 6) is 0.793. The van der Waals surface area contributed by atoms with Crippen molar-refractivity contribution in [3.63, 3.8) is 0 Å². The van der Waals surface area contributed by atoms with Crippen LogP contribution in [0.25, 0.3) is 0 Å². The molecule has 0 aliphatic rings. The van der Waals surface area contributed by atoms with E-state index in [-0.39, 0.29) is 0 Å². The zero-order valence-electron chi connectivity index (χ0n) is 11.1. The quantitative estimate of drug-likeness (QED) is 0.639. The number of hydrogen-bond donors (Lipinski definition) is 1. The van der Waals surface area contributed by atoms with Crippen molar-refractivity contribution >= 4 is 0 Å². The maximum Gasteiger partial charge on any atom is 0.00535 e. The standard InChI is InChI=1S/C13H30N2/c1-5-8-12(4)11-13(14)9-10-15(6-2)7-3/h12-13H,5-11,14H2,1-4H3. The van der Waals surface area contributed by atoms with Gasteiger partial charge >= 0.3 is 0 Å². The molecule has 15 heavy (non-hydrogen) atoms. The van der Waals surface area contributed by atoms with E-state index < -0.39 is 0 Å². The van der Waals surface area contributed by atoms with Crippen molar-refractivity contribution < 1.29 is 0 Å². The summed E-state index contributed by atoms with van der Waals surface area (Å²) in [5.41, 5.74) is 6.14. The lowest BCUT2D eigenvalue weighted by Gasteiger charge is -2.22. The van der Waals surface area contributed by atoms with Gasteiger partial charge in [0.15, 0.2) is 0 Å². The van der Waals surface area contributed by atoms with E-state index in [0.717, 1.165) is 32.0 Å². The van der Waals surface area contributed by atoms with Gasteiger partial charge in [0.25, 0.3) is 0 Å². The van der Waals surface area contributed by atoms with Gasteiger partial charge in [0.05, 0.1) is 0 Å². The molecular weight excluding hydrogens is 184 g/mol. The molecule has 0 radical (unpaired) electrons. The van der Waals surface area contributed by atoms with E-state index in [1.807, 2.05) is 0 Å². The highest BCUT2D eigenvalue weighted by Gasteiger charge is 2.09. The molecule has 0 aliphatic heterocycles. The Morgan fingerprint density at radius 1 is 1.07 bits per heavy atom. The molecule has 0 heterocycles. The lowest BCUT2D eigenvalue weighted by atomic mass is 9.96. The van der Waals surface area contributed by atoms with Crippen molar-refractivity contribution in [2.75, 3.05) is 19.6 Å². The number of rotatable bonds is 9. The first kappa shape index (κ1) is 14.9. The molecule has 92 valence electrons. The van der Waals surface area contributed by atoms with Crippen LogP contribution in [0.1, 0.15) is 53.4 Å². The van der Waals surface area contributed by atoms with E-state index in [0.29, 0.717) is 6.04 Å². The normalized spacial score (nSPS) is 15.6. The fraction of sp³-hybridized carbons (Fsp3) is 1.00. The monoisotopic (exact) mass is 214 g/mol. The van der Waals surface area contributed by atoms with E-state index in [1.54, 1.807) is 0 Å². The van der Waals surface area contributed by atoms with Crippen molar-refractivity contribution in [2.24, 2.45) is 11.7 Å². The Labute approximate surface area is 96.2 Å². The molecule has 2 unspecified atom stereocenters. The first-order chi connectivity index (χ1) is 7.13. The third-order valence-corrected chi connectivity index (χ3v) is 3.20. The SMILES string of the molecule is CCCC(C)CC(N)CCN(CC)CC. The van der Waals surface area contributed by atoms with Crippen molar-refractivity contribution in [3.8, 4) is 0 Å². The number of hydrogen-bond acceptors (Lipinski definition) is 2. The molecule has 0 rings (SSSR count). The van der Waals surface area contributed by atoms with Crippen LogP contribution in [0.4, 0.5) is 0 Å². The van der Waals surface area contributed by atoms with Gasteiger partial charge in [-0.1, -0.05) is 40.5 Å². The summed E-state index contributed by atoms with van der Waals surface area (Å²) in [4.78, 5) is 2.45. The van der Waals surface area contributed by atoms with Crippen LogP contribution >= 0.6 is 0 Å². The van der Waals surface area contributed by atoms with E-state index >= 15 is 0 Å². The van der Waals surface area contributed by atoms with Gasteiger partial charge in [-0.2, -0.15) is 0 Å². The van der Waals surface area contributed by atoms with E-state index in [4.69, 9.17) is 5.73 Å². The molecule has 0 amide bonds. The third kappa shape index (κ3) is 7.80. The molecule has 0 saturated heterocycles. The van der Waals surface area contributed by atoms with Crippen LogP contribution in [-0.2, 0) is 0 Å². The molecule has 2 N–H and O–H groups in total. The van der Waals surface area contributed by atoms with Crippen LogP contribution in [0.3, 0.4) is 0 Å². The Hall–Kier alpha value is -0.0800. The van der Waals surface area contributed by atoms with Crippen molar-refractivity contribution in [1.82, 2.24) is 4.90 Å². The first-order valence-electron chi connectivity index (χ1n) is 6.61. The zero-order valence-corrected chi connectivity index (χ0v) is 11.1. The van der Waals surface area contributed by atoms with E-state index in [1.165, 1.54) is 19.3 Å². The van der Waals surface area contributed by atoms with Gasteiger partial charge in [-0.3, -0.25) is 0 Å². The van der Waals surface area contributed by atoms with Gasteiger partial charge in [-0.05, 0) is 38.4 Å². The average Bonchev–Trinajstić information content (AvgIpc) is 2.19. The van der Waals surface area contributed by atoms with Crippen LogP contribution in [-0.4, -0.2) is 30.6 Å². The molecule has 0 fully saturated rings. The Morgan fingerprint density at radius 3 is 2.13 bits per heavy atom. The summed E-state index contributed by atoms with van der Waals surface area (Å²) in [5, 5.41) is 0. The second-order valence-corrected chi connectivity index (χ2v) is 4.71. The summed E-state index contributed by atoms with van der Waals surface area (Å²) in [6.45, 7) is 12.5. The summed E-state index contributed by atoms with van der Waals surface area (Å²) >= 11 is 0. The van der Waals surface area contributed by atoms with Crippen LogP contribution < -0.4 is 5.73 Å². The molecular formula is C13H30N2. The van der Waals surface area contributed by atoms with Crippen molar-refractivity contribution in [3.05, 3.63) is 0 Å². The topological polar surface area (TPSA) is 29.3 Å². The summed E-state index contributed by atoms with van der Waals surface area (Å²) in [6, 6.07) is 0.396. The Morgan fingerprint density at radius 2 is 1.67 bits per heavy atom. The summed E-state index contributed by atoms with van der Waals surface area (Å²) in [7, 11) is 0. The minimum atomic E-state index is 0.396. The lowest BCUT2D eigenvalue weighted by molar-refractivity contribution is 0.280. The average molecular weight is 214 g/mol. The third-order valence-electron chi connectivity index (χ3n) is 3.20. The fourth-order valence-corrected chi connectivity index (χ4v) is 2.13. The molecule has 2 atom stereocenters. The van der Waals surface area contributed by atoms with Crippen LogP contribution in [0.2, 0.25) is 0 Å². The summed E-state index contributed by atoms with van der Waals surface area (Å²) < 4.78 is 0. The highest BCUT2D eigenvalue weighted by atomic mass is 15.1. The second kappa shape index (κ2) is 9.17. The molecule has 2 nitrogen and oxygen atoms in total. The minimum Gasteiger partial charge on any atom is -0.328 e. The van der Waals surface area contributed by atoms with Gasteiger partial charge < -0.3 is 10.6 Å². The van der Waals surface area contributed by atoms with Gasteiger partial charge in [-0.25, -0.2) is 0 Å². The van der Waals surface area contributed by atoms with Gasteiger partial charge in [-0.15, -0.1) is 0 Å². The van der Waals surface area contributed by atoms with Gasteiger partial charge in [0.2, 0.25) is 0 Å². The summed E-state index contributed by atoms with van der Waals surface area (Å²) in [6.07, 6.45) is 4.94. The molecule has 0 aromatic carbocycles. The van der Waals surface area contributed by atoms with E-state index in [2.05, 4.69) is 32.6 Å². The zero-order chi connectivity index (χ0) is 11.7. The van der Waals surface area contributed by atoms with E-state index in [9.17, 15) is 0 Å².